The lowest BCUT2D eigenvalue weighted by molar-refractivity contribution is -0.131. The number of carbonyl (C=O) groups excluding carboxylic acids is 1. The fraction of sp³-hybridized carbons (Fsp3) is 0.350. The molecule has 1 heterocycles. The summed E-state index contributed by atoms with van der Waals surface area (Å²) in [6.07, 6.45) is 0.280. The molecule has 1 fully saturated rings. The highest BCUT2D eigenvalue weighted by molar-refractivity contribution is 7.89. The minimum absolute atomic E-state index is 0.00216. The van der Waals surface area contributed by atoms with Gasteiger partial charge in [-0.05, 0) is 36.2 Å². The second-order valence-electron chi connectivity index (χ2n) is 6.58. The summed E-state index contributed by atoms with van der Waals surface area (Å²) in [4.78, 5) is 14.6. The molecule has 2 aromatic carbocycles. The Labute approximate surface area is 160 Å². The van der Waals surface area contributed by atoms with Gasteiger partial charge in [-0.3, -0.25) is 4.79 Å². The maximum atomic E-state index is 12.7. The maximum Gasteiger partial charge on any atom is 0.243 e. The van der Waals surface area contributed by atoms with Gasteiger partial charge in [-0.2, -0.15) is 4.31 Å². The molecule has 7 heteroatoms. The van der Waals surface area contributed by atoms with Crippen molar-refractivity contribution in [2.45, 2.75) is 18.2 Å². The molecule has 0 aromatic heterocycles. The number of methoxy groups -OCH3 is 1. The Kier molecular flexibility index (Phi) is 5.82. The van der Waals surface area contributed by atoms with Crippen LogP contribution in [-0.2, 0) is 21.2 Å². The van der Waals surface area contributed by atoms with Crippen LogP contribution in [0.15, 0.2) is 53.4 Å². The summed E-state index contributed by atoms with van der Waals surface area (Å²) in [5.74, 6) is 0.761. The molecule has 0 N–H and O–H groups in total. The molecule has 0 saturated carbocycles. The normalized spacial score (nSPS) is 15.6. The number of sulfonamides is 1. The third-order valence-corrected chi connectivity index (χ3v) is 6.71. The van der Waals surface area contributed by atoms with Gasteiger partial charge in [0.25, 0.3) is 0 Å². The number of hydrogen-bond acceptors (Lipinski definition) is 4. The molecular formula is C20H24N2O4S. The van der Waals surface area contributed by atoms with Gasteiger partial charge in [0.2, 0.25) is 15.9 Å². The molecule has 0 atom stereocenters. The zero-order chi connectivity index (χ0) is 19.4. The first-order chi connectivity index (χ1) is 12.9. The summed E-state index contributed by atoms with van der Waals surface area (Å²) in [7, 11) is -1.89. The molecule has 0 aliphatic carbocycles. The van der Waals surface area contributed by atoms with Gasteiger partial charge in [0.15, 0.2) is 0 Å². The summed E-state index contributed by atoms with van der Waals surface area (Å²) in [5.41, 5.74) is 1.91. The lowest BCUT2D eigenvalue weighted by Gasteiger charge is -2.34. The van der Waals surface area contributed by atoms with Gasteiger partial charge in [0.1, 0.15) is 5.75 Å². The molecule has 3 rings (SSSR count). The number of rotatable bonds is 5. The van der Waals surface area contributed by atoms with Gasteiger partial charge < -0.3 is 9.64 Å². The zero-order valence-corrected chi connectivity index (χ0v) is 16.4. The van der Waals surface area contributed by atoms with E-state index in [4.69, 9.17) is 4.74 Å². The number of aryl methyl sites for hydroxylation is 1. The van der Waals surface area contributed by atoms with Crippen LogP contribution in [0.25, 0.3) is 0 Å². The Bertz CT molecular complexity index is 905. The van der Waals surface area contributed by atoms with Crippen LogP contribution in [0.4, 0.5) is 0 Å². The van der Waals surface area contributed by atoms with Crippen LogP contribution in [0.3, 0.4) is 0 Å². The number of hydrogen-bond donors (Lipinski definition) is 0. The van der Waals surface area contributed by atoms with Crippen LogP contribution in [0.5, 0.6) is 5.75 Å². The second-order valence-corrected chi connectivity index (χ2v) is 8.52. The Balaban J connectivity index is 1.61. The van der Waals surface area contributed by atoms with Gasteiger partial charge in [-0.25, -0.2) is 8.42 Å². The smallest absolute Gasteiger partial charge is 0.243 e. The molecule has 1 amide bonds. The monoisotopic (exact) mass is 388 g/mol. The molecule has 0 spiro atoms. The number of amides is 1. The van der Waals surface area contributed by atoms with Crippen LogP contribution in [-0.4, -0.2) is 56.8 Å². The van der Waals surface area contributed by atoms with Gasteiger partial charge in [-0.15, -0.1) is 0 Å². The maximum absolute atomic E-state index is 12.7. The fourth-order valence-corrected chi connectivity index (χ4v) is 4.62. The van der Waals surface area contributed by atoms with Crippen molar-refractivity contribution in [2.75, 3.05) is 33.3 Å². The average molecular weight is 388 g/mol. The number of nitrogens with zero attached hydrogens (tertiary/aromatic N) is 2. The van der Waals surface area contributed by atoms with E-state index >= 15 is 0 Å². The molecular weight excluding hydrogens is 364 g/mol. The van der Waals surface area contributed by atoms with Crippen molar-refractivity contribution in [1.29, 1.82) is 0 Å². The molecule has 1 aliphatic rings. The minimum Gasteiger partial charge on any atom is -0.496 e. The van der Waals surface area contributed by atoms with Crippen LogP contribution in [0.2, 0.25) is 0 Å². The van der Waals surface area contributed by atoms with E-state index in [1.54, 1.807) is 42.3 Å². The van der Waals surface area contributed by atoms with Crippen LogP contribution in [0, 0.1) is 6.92 Å². The van der Waals surface area contributed by atoms with Gasteiger partial charge >= 0.3 is 0 Å². The van der Waals surface area contributed by atoms with Crippen molar-refractivity contribution >= 4 is 15.9 Å². The first kappa shape index (κ1) is 19.4. The third-order valence-electron chi connectivity index (χ3n) is 4.80. The summed E-state index contributed by atoms with van der Waals surface area (Å²) in [6.45, 7) is 3.36. The number of carbonyl (C=O) groups is 1. The Morgan fingerprint density at radius 2 is 1.70 bits per heavy atom. The van der Waals surface area contributed by atoms with Crippen molar-refractivity contribution in [1.82, 2.24) is 9.21 Å². The Morgan fingerprint density at radius 3 is 2.33 bits per heavy atom. The highest BCUT2D eigenvalue weighted by atomic mass is 32.2. The largest absolute Gasteiger partial charge is 0.496 e. The van der Waals surface area contributed by atoms with Gasteiger partial charge in [-0.1, -0.05) is 30.3 Å². The van der Waals surface area contributed by atoms with E-state index in [9.17, 15) is 13.2 Å². The number of benzene rings is 2. The lowest BCUT2D eigenvalue weighted by Crippen LogP contribution is -2.50. The number of ether oxygens (including phenoxy) is 1. The van der Waals surface area contributed by atoms with E-state index in [1.165, 1.54) is 4.31 Å². The van der Waals surface area contributed by atoms with E-state index < -0.39 is 10.0 Å². The molecule has 1 aliphatic heterocycles. The first-order valence-corrected chi connectivity index (χ1v) is 10.3. The van der Waals surface area contributed by atoms with Crippen molar-refractivity contribution in [3.63, 3.8) is 0 Å². The van der Waals surface area contributed by atoms with E-state index in [1.807, 2.05) is 25.1 Å². The molecule has 144 valence electrons. The minimum atomic E-state index is -3.50. The SMILES string of the molecule is COc1cc(CC(=O)N2CCN(S(=O)(=O)c3ccccc3)CC2)ccc1C. The van der Waals surface area contributed by atoms with Crippen molar-refractivity contribution in [2.24, 2.45) is 0 Å². The number of piperazine rings is 1. The average Bonchev–Trinajstić information content (AvgIpc) is 2.70. The highest BCUT2D eigenvalue weighted by Crippen LogP contribution is 2.21. The molecule has 0 unspecified atom stereocenters. The van der Waals surface area contributed by atoms with Crippen molar-refractivity contribution in [3.05, 3.63) is 59.7 Å². The zero-order valence-electron chi connectivity index (χ0n) is 15.6. The molecule has 2 aromatic rings. The van der Waals surface area contributed by atoms with Crippen molar-refractivity contribution < 1.29 is 17.9 Å². The molecule has 0 bridgehead atoms. The van der Waals surface area contributed by atoms with E-state index in [-0.39, 0.29) is 17.2 Å². The molecule has 0 radical (unpaired) electrons. The lowest BCUT2D eigenvalue weighted by atomic mass is 10.1. The van der Waals surface area contributed by atoms with E-state index in [0.717, 1.165) is 16.9 Å². The summed E-state index contributed by atoms with van der Waals surface area (Å²) < 4.78 is 32.1. The summed E-state index contributed by atoms with van der Waals surface area (Å²) in [6, 6.07) is 14.1. The van der Waals surface area contributed by atoms with Gasteiger partial charge in [0, 0.05) is 26.2 Å². The van der Waals surface area contributed by atoms with Crippen molar-refractivity contribution in [3.8, 4) is 5.75 Å². The highest BCUT2D eigenvalue weighted by Gasteiger charge is 2.29. The van der Waals surface area contributed by atoms with Crippen LogP contribution < -0.4 is 4.74 Å². The second kappa shape index (κ2) is 8.10. The predicted molar refractivity (Wildman–Crippen MR) is 103 cm³/mol. The third kappa shape index (κ3) is 4.31. The summed E-state index contributed by atoms with van der Waals surface area (Å²) >= 11 is 0. The fourth-order valence-electron chi connectivity index (χ4n) is 3.18. The van der Waals surface area contributed by atoms with Crippen LogP contribution >= 0.6 is 0 Å². The molecule has 6 nitrogen and oxygen atoms in total. The topological polar surface area (TPSA) is 66.9 Å². The molecule has 27 heavy (non-hydrogen) atoms. The first-order valence-electron chi connectivity index (χ1n) is 8.88. The van der Waals surface area contributed by atoms with E-state index in [2.05, 4.69) is 0 Å². The molecule has 1 saturated heterocycles. The van der Waals surface area contributed by atoms with Gasteiger partial charge in [0.05, 0.1) is 18.4 Å². The Hall–Kier alpha value is -2.38. The summed E-state index contributed by atoms with van der Waals surface area (Å²) in [5, 5.41) is 0. The predicted octanol–water partition coefficient (Wildman–Crippen LogP) is 2.08. The quantitative estimate of drug-likeness (QED) is 0.787. The Morgan fingerprint density at radius 1 is 1.04 bits per heavy atom. The van der Waals surface area contributed by atoms with Crippen LogP contribution in [0.1, 0.15) is 11.1 Å². The van der Waals surface area contributed by atoms with E-state index in [0.29, 0.717) is 26.2 Å². The standard InChI is InChI=1S/C20H24N2O4S/c1-16-8-9-17(14-19(16)26-2)15-20(23)21-10-12-22(13-11-21)27(24,25)18-6-4-3-5-7-18/h3-9,14H,10-13,15H2,1-2H3.